The smallest absolute Gasteiger partial charge is 0.297 e. The van der Waals surface area contributed by atoms with E-state index in [1.807, 2.05) is 18.7 Å². The molecule has 0 aliphatic carbocycles. The predicted octanol–water partition coefficient (Wildman–Crippen LogP) is 5.01. The SMILES string of the molecule is Cc1ccc(S(=O)(=O)O[C@H]2CN(c3nc4cc([C@@H]5CCCCN5C(=O)c5cc(Cl)ccc5NS(C)(=O)=O)nn4cc3C)C[C@@H]2N=[N+]=[N-])cc1. The first-order valence-corrected chi connectivity index (χ1v) is 19.1. The first kappa shape index (κ1) is 34.5. The highest BCUT2D eigenvalue weighted by atomic mass is 35.5. The molecular formula is C31H34ClN9O6S2. The minimum atomic E-state index is -4.14. The standard InChI is InChI=1S/C31H34ClN9O6S2/c1-19-7-10-22(11-8-19)49(45,46)47-28-18-39(17-26(28)35-38-33)30-20(2)16-41-29(34-30)15-25(36-41)27-6-4-5-13-40(27)31(42)23-14-21(32)9-12-24(23)37-48(3,43)44/h7-12,14-16,26-28,37H,4-6,13,17-18H2,1-3H3/t26-,27-,28-/m0/s1. The highest BCUT2D eigenvalue weighted by Gasteiger charge is 2.38. The molecule has 2 aliphatic rings. The van der Waals surface area contributed by atoms with Gasteiger partial charge in [0.25, 0.3) is 16.0 Å². The van der Waals surface area contributed by atoms with Gasteiger partial charge in [-0.3, -0.25) is 13.7 Å². The van der Waals surface area contributed by atoms with Crippen molar-refractivity contribution in [3.05, 3.63) is 92.6 Å². The third-order valence-electron chi connectivity index (χ3n) is 8.53. The largest absolute Gasteiger partial charge is 0.353 e. The molecule has 2 aromatic carbocycles. The van der Waals surface area contributed by atoms with Crippen LogP contribution in [0.15, 0.2) is 64.7 Å². The fraction of sp³-hybridized carbons (Fsp3) is 0.387. The Bertz CT molecular complexity index is 2190. The van der Waals surface area contributed by atoms with Gasteiger partial charge in [0, 0.05) is 47.4 Å². The van der Waals surface area contributed by atoms with Crippen molar-refractivity contribution in [2.24, 2.45) is 5.11 Å². The quantitative estimate of drug-likeness (QED) is 0.107. The number of likely N-dealkylation sites (tertiary alicyclic amines) is 1. The van der Waals surface area contributed by atoms with Gasteiger partial charge in [-0.05, 0) is 69.0 Å². The zero-order chi connectivity index (χ0) is 35.1. The van der Waals surface area contributed by atoms with Crippen LogP contribution in [0.2, 0.25) is 5.02 Å². The molecule has 0 radical (unpaired) electrons. The molecule has 6 rings (SSSR count). The normalized spacial score (nSPS) is 20.0. The number of anilines is 2. The molecule has 0 unspecified atom stereocenters. The van der Waals surface area contributed by atoms with Crippen LogP contribution in [0.3, 0.4) is 0 Å². The van der Waals surface area contributed by atoms with Gasteiger partial charge in [-0.2, -0.15) is 13.5 Å². The fourth-order valence-electron chi connectivity index (χ4n) is 6.25. The number of halogens is 1. The van der Waals surface area contributed by atoms with E-state index in [0.29, 0.717) is 35.1 Å². The lowest BCUT2D eigenvalue weighted by Gasteiger charge is -2.35. The number of amides is 1. The number of piperidine rings is 1. The number of hydrogen-bond donors (Lipinski definition) is 1. The monoisotopic (exact) mass is 727 g/mol. The predicted molar refractivity (Wildman–Crippen MR) is 184 cm³/mol. The number of hydrogen-bond acceptors (Lipinski definition) is 10. The van der Waals surface area contributed by atoms with Crippen LogP contribution in [-0.4, -0.2) is 80.3 Å². The van der Waals surface area contributed by atoms with Crippen LogP contribution in [0.5, 0.6) is 0 Å². The number of carbonyl (C=O) groups is 1. The van der Waals surface area contributed by atoms with Gasteiger partial charge in [0.2, 0.25) is 10.0 Å². The van der Waals surface area contributed by atoms with E-state index in [0.717, 1.165) is 30.2 Å². The van der Waals surface area contributed by atoms with E-state index >= 15 is 0 Å². The van der Waals surface area contributed by atoms with E-state index in [1.54, 1.807) is 33.8 Å². The fourth-order valence-corrected chi connectivity index (χ4v) is 8.09. The van der Waals surface area contributed by atoms with Gasteiger partial charge < -0.3 is 9.80 Å². The van der Waals surface area contributed by atoms with Gasteiger partial charge >= 0.3 is 0 Å². The molecule has 4 heterocycles. The Morgan fingerprint density at radius 3 is 2.55 bits per heavy atom. The Hall–Kier alpha value is -4.41. The molecule has 2 aromatic heterocycles. The number of nitrogens with one attached hydrogen (secondary N) is 1. The van der Waals surface area contributed by atoms with Crippen LogP contribution in [0.25, 0.3) is 16.1 Å². The molecule has 4 aromatic rings. The van der Waals surface area contributed by atoms with Crippen LogP contribution in [0, 0.1) is 13.8 Å². The van der Waals surface area contributed by atoms with Crippen molar-refractivity contribution in [3.8, 4) is 0 Å². The van der Waals surface area contributed by atoms with Crippen molar-refractivity contribution >= 4 is 54.8 Å². The lowest BCUT2D eigenvalue weighted by atomic mass is 9.98. The average Bonchev–Trinajstić information content (AvgIpc) is 3.64. The number of nitrogens with zero attached hydrogens (tertiary/aromatic N) is 8. The summed E-state index contributed by atoms with van der Waals surface area (Å²) < 4.78 is 59.8. The molecular weight excluding hydrogens is 694 g/mol. The van der Waals surface area contributed by atoms with Crippen LogP contribution >= 0.6 is 11.6 Å². The minimum Gasteiger partial charge on any atom is -0.353 e. The number of sulfonamides is 1. The molecule has 258 valence electrons. The van der Waals surface area contributed by atoms with E-state index in [4.69, 9.17) is 25.9 Å². The highest BCUT2D eigenvalue weighted by molar-refractivity contribution is 7.92. The van der Waals surface area contributed by atoms with Gasteiger partial charge in [-0.25, -0.2) is 17.9 Å². The first-order chi connectivity index (χ1) is 23.2. The van der Waals surface area contributed by atoms with Crippen molar-refractivity contribution in [2.45, 2.75) is 56.2 Å². The number of aryl methyl sites for hydroxylation is 2. The Morgan fingerprint density at radius 1 is 1.08 bits per heavy atom. The summed E-state index contributed by atoms with van der Waals surface area (Å²) in [4.78, 5) is 25.2. The maximum Gasteiger partial charge on any atom is 0.297 e. The first-order valence-electron chi connectivity index (χ1n) is 15.5. The summed E-state index contributed by atoms with van der Waals surface area (Å²) in [6, 6.07) is 11.3. The zero-order valence-corrected chi connectivity index (χ0v) is 29.3. The van der Waals surface area contributed by atoms with E-state index in [2.05, 4.69) is 14.7 Å². The average molecular weight is 728 g/mol. The molecule has 2 aliphatic heterocycles. The number of benzene rings is 2. The molecule has 2 saturated heterocycles. The zero-order valence-electron chi connectivity index (χ0n) is 26.9. The summed E-state index contributed by atoms with van der Waals surface area (Å²) in [7, 11) is -7.80. The second-order valence-corrected chi connectivity index (χ2v) is 16.0. The van der Waals surface area contributed by atoms with Gasteiger partial charge in [-0.1, -0.05) is 34.4 Å². The van der Waals surface area contributed by atoms with E-state index in [-0.39, 0.29) is 35.1 Å². The second kappa shape index (κ2) is 13.5. The third-order valence-corrected chi connectivity index (χ3v) is 10.7. The maximum atomic E-state index is 13.9. The summed E-state index contributed by atoms with van der Waals surface area (Å²) in [5.74, 6) is 0.163. The molecule has 49 heavy (non-hydrogen) atoms. The maximum absolute atomic E-state index is 13.9. The number of azide groups is 1. The number of aromatic nitrogens is 3. The highest BCUT2D eigenvalue weighted by Crippen LogP contribution is 2.35. The Balaban J connectivity index is 1.28. The molecule has 1 amide bonds. The molecule has 3 atom stereocenters. The van der Waals surface area contributed by atoms with E-state index in [9.17, 15) is 27.2 Å². The van der Waals surface area contributed by atoms with Crippen LogP contribution in [0.1, 0.15) is 52.5 Å². The van der Waals surface area contributed by atoms with Crippen molar-refractivity contribution in [1.82, 2.24) is 19.5 Å². The number of fused-ring (bicyclic) bond motifs is 1. The van der Waals surface area contributed by atoms with Gasteiger partial charge in [0.15, 0.2) is 5.65 Å². The molecule has 0 saturated carbocycles. The van der Waals surface area contributed by atoms with Crippen LogP contribution < -0.4 is 9.62 Å². The van der Waals surface area contributed by atoms with E-state index in [1.165, 1.54) is 30.3 Å². The summed E-state index contributed by atoms with van der Waals surface area (Å²) in [5.41, 5.74) is 12.2. The molecule has 18 heteroatoms. The van der Waals surface area contributed by atoms with Crippen molar-refractivity contribution in [2.75, 3.05) is 35.5 Å². The topological polar surface area (TPSA) is 192 Å². The molecule has 1 N–H and O–H groups in total. The number of rotatable bonds is 9. The van der Waals surface area contributed by atoms with Gasteiger partial charge in [-0.15, -0.1) is 0 Å². The van der Waals surface area contributed by atoms with Gasteiger partial charge in [0.05, 0.1) is 40.2 Å². The van der Waals surface area contributed by atoms with Crippen molar-refractivity contribution in [3.63, 3.8) is 0 Å². The Kier molecular flexibility index (Phi) is 9.48. The Labute approximate surface area is 288 Å². The third kappa shape index (κ3) is 7.45. The lowest BCUT2D eigenvalue weighted by molar-refractivity contribution is 0.0606. The molecule has 0 spiro atoms. The summed E-state index contributed by atoms with van der Waals surface area (Å²) in [5, 5.41) is 8.90. The van der Waals surface area contributed by atoms with E-state index < -0.39 is 38.3 Å². The summed E-state index contributed by atoms with van der Waals surface area (Å²) >= 11 is 6.22. The number of carbonyl (C=O) groups excluding carboxylic acids is 1. The summed E-state index contributed by atoms with van der Waals surface area (Å²) in [6.07, 6.45) is 4.10. The van der Waals surface area contributed by atoms with Crippen LogP contribution in [-0.2, 0) is 24.3 Å². The second-order valence-electron chi connectivity index (χ2n) is 12.3. The summed E-state index contributed by atoms with van der Waals surface area (Å²) in [6.45, 7) is 4.41. The molecule has 0 bridgehead atoms. The molecule has 2 fully saturated rings. The lowest BCUT2D eigenvalue weighted by Crippen LogP contribution is -2.39. The van der Waals surface area contributed by atoms with Crippen molar-refractivity contribution in [1.29, 1.82) is 0 Å². The van der Waals surface area contributed by atoms with Crippen LogP contribution in [0.4, 0.5) is 11.5 Å². The van der Waals surface area contributed by atoms with Crippen molar-refractivity contribution < 1.29 is 25.8 Å². The molecule has 15 nitrogen and oxygen atoms in total. The Morgan fingerprint density at radius 2 is 1.84 bits per heavy atom. The minimum absolute atomic E-state index is 0.00670. The van der Waals surface area contributed by atoms with Gasteiger partial charge in [0.1, 0.15) is 11.9 Å².